The molecule has 30 heavy (non-hydrogen) atoms. The number of esters is 1. The Hall–Kier alpha value is -3.00. The van der Waals surface area contributed by atoms with Crippen molar-refractivity contribution >= 4 is 33.4 Å². The molecule has 1 atom stereocenters. The number of ether oxygens (including phenoxy) is 2. The van der Waals surface area contributed by atoms with Gasteiger partial charge >= 0.3 is 5.97 Å². The number of hydrogen-bond acceptors (Lipinski definition) is 7. The summed E-state index contributed by atoms with van der Waals surface area (Å²) < 4.78 is 10.8. The van der Waals surface area contributed by atoms with Crippen LogP contribution in [-0.2, 0) is 16.0 Å². The fourth-order valence-electron chi connectivity index (χ4n) is 3.81. The zero-order valence-electron chi connectivity index (χ0n) is 16.9. The number of fused-ring (bicyclic) bond motifs is 2. The van der Waals surface area contributed by atoms with E-state index in [0.29, 0.717) is 33.1 Å². The maximum absolute atomic E-state index is 12.6. The highest BCUT2D eigenvalue weighted by Crippen LogP contribution is 2.35. The van der Waals surface area contributed by atoms with Gasteiger partial charge in [-0.05, 0) is 49.8 Å². The van der Waals surface area contributed by atoms with Gasteiger partial charge in [-0.3, -0.25) is 4.79 Å². The summed E-state index contributed by atoms with van der Waals surface area (Å²) in [6, 6.07) is 8.20. The zero-order chi connectivity index (χ0) is 21.1. The van der Waals surface area contributed by atoms with Crippen molar-refractivity contribution in [2.75, 3.05) is 13.2 Å². The number of nitrogens with one attached hydrogen (secondary N) is 1. The Morgan fingerprint density at radius 3 is 2.93 bits per heavy atom. The lowest BCUT2D eigenvalue weighted by molar-refractivity contribution is -0.124. The molecule has 0 spiro atoms. The van der Waals surface area contributed by atoms with Crippen molar-refractivity contribution in [2.24, 2.45) is 0 Å². The van der Waals surface area contributed by atoms with Crippen molar-refractivity contribution in [3.8, 4) is 5.88 Å². The van der Waals surface area contributed by atoms with Gasteiger partial charge in [-0.25, -0.2) is 14.8 Å². The van der Waals surface area contributed by atoms with Crippen molar-refractivity contribution in [1.82, 2.24) is 15.3 Å². The Labute approximate surface area is 178 Å². The molecule has 7 nitrogen and oxygen atoms in total. The Kier molecular flexibility index (Phi) is 5.94. The summed E-state index contributed by atoms with van der Waals surface area (Å²) in [7, 11) is 0. The smallest absolute Gasteiger partial charge is 0.348 e. The van der Waals surface area contributed by atoms with Crippen LogP contribution in [0.15, 0.2) is 30.6 Å². The van der Waals surface area contributed by atoms with Gasteiger partial charge in [-0.2, -0.15) is 0 Å². The quantitative estimate of drug-likeness (QED) is 0.605. The lowest BCUT2D eigenvalue weighted by Crippen LogP contribution is -2.34. The van der Waals surface area contributed by atoms with E-state index in [-0.39, 0.29) is 18.6 Å². The molecule has 0 bridgehead atoms. The van der Waals surface area contributed by atoms with Crippen LogP contribution in [-0.4, -0.2) is 35.1 Å². The second-order valence-electron chi connectivity index (χ2n) is 7.14. The van der Waals surface area contributed by atoms with E-state index in [1.54, 1.807) is 13.8 Å². The van der Waals surface area contributed by atoms with Crippen LogP contribution in [0.5, 0.6) is 5.88 Å². The Bertz CT molecular complexity index is 1100. The average Bonchev–Trinajstić information content (AvgIpc) is 3.10. The van der Waals surface area contributed by atoms with Gasteiger partial charge in [-0.15, -0.1) is 11.3 Å². The zero-order valence-corrected chi connectivity index (χ0v) is 17.8. The van der Waals surface area contributed by atoms with Crippen LogP contribution in [0, 0.1) is 6.92 Å². The highest BCUT2D eigenvalue weighted by atomic mass is 32.1. The van der Waals surface area contributed by atoms with E-state index in [9.17, 15) is 9.59 Å². The van der Waals surface area contributed by atoms with Gasteiger partial charge in [-0.1, -0.05) is 24.3 Å². The van der Waals surface area contributed by atoms with Crippen molar-refractivity contribution in [3.63, 3.8) is 0 Å². The molecule has 2 aromatic heterocycles. The summed E-state index contributed by atoms with van der Waals surface area (Å²) in [4.78, 5) is 34.2. The largest absolute Gasteiger partial charge is 0.467 e. The summed E-state index contributed by atoms with van der Waals surface area (Å²) in [6.45, 7) is 3.71. The first-order valence-electron chi connectivity index (χ1n) is 9.99. The van der Waals surface area contributed by atoms with Crippen molar-refractivity contribution in [2.45, 2.75) is 39.2 Å². The van der Waals surface area contributed by atoms with Crippen LogP contribution in [0.1, 0.15) is 52.2 Å². The van der Waals surface area contributed by atoms with E-state index < -0.39 is 5.97 Å². The monoisotopic (exact) mass is 425 g/mol. The second kappa shape index (κ2) is 8.79. The molecule has 0 saturated heterocycles. The van der Waals surface area contributed by atoms with Crippen LogP contribution in [0.3, 0.4) is 0 Å². The van der Waals surface area contributed by atoms with Crippen LogP contribution >= 0.6 is 11.3 Å². The number of nitrogens with zero attached hydrogens (tertiary/aromatic N) is 2. The third-order valence-electron chi connectivity index (χ3n) is 5.20. The lowest BCUT2D eigenvalue weighted by atomic mass is 9.88. The van der Waals surface area contributed by atoms with Crippen LogP contribution < -0.4 is 10.1 Å². The topological polar surface area (TPSA) is 90.4 Å². The minimum absolute atomic E-state index is 0.00484. The van der Waals surface area contributed by atoms with Gasteiger partial charge in [0.25, 0.3) is 5.91 Å². The third kappa shape index (κ3) is 4.00. The van der Waals surface area contributed by atoms with Crippen molar-refractivity contribution < 1.29 is 19.1 Å². The molecular formula is C22H23N3O4S. The van der Waals surface area contributed by atoms with Gasteiger partial charge < -0.3 is 14.8 Å². The van der Waals surface area contributed by atoms with Crippen molar-refractivity contribution in [1.29, 1.82) is 0 Å². The van der Waals surface area contributed by atoms with Gasteiger partial charge in [0.15, 0.2) is 6.61 Å². The molecule has 1 N–H and O–H groups in total. The molecule has 2 heterocycles. The van der Waals surface area contributed by atoms with E-state index in [0.717, 1.165) is 19.3 Å². The highest BCUT2D eigenvalue weighted by molar-refractivity contribution is 7.20. The third-order valence-corrected chi connectivity index (χ3v) is 6.38. The molecule has 1 unspecified atom stereocenters. The van der Waals surface area contributed by atoms with E-state index >= 15 is 0 Å². The lowest BCUT2D eigenvalue weighted by Gasteiger charge is -2.26. The first kappa shape index (κ1) is 20.3. The average molecular weight is 426 g/mol. The van der Waals surface area contributed by atoms with Crippen LogP contribution in [0.25, 0.3) is 10.2 Å². The predicted molar refractivity (Wildman–Crippen MR) is 114 cm³/mol. The summed E-state index contributed by atoms with van der Waals surface area (Å²) in [6.07, 6.45) is 4.36. The molecular weight excluding hydrogens is 402 g/mol. The number of amides is 1. The molecule has 8 heteroatoms. The number of aromatic nitrogens is 2. The number of carbonyl (C=O) groups is 2. The van der Waals surface area contributed by atoms with E-state index in [2.05, 4.69) is 27.4 Å². The molecule has 0 radical (unpaired) electrons. The number of thiophene rings is 1. The molecule has 1 aliphatic carbocycles. The molecule has 1 amide bonds. The summed E-state index contributed by atoms with van der Waals surface area (Å²) >= 11 is 1.23. The normalized spacial score (nSPS) is 15.5. The van der Waals surface area contributed by atoms with Crippen LogP contribution in [0.2, 0.25) is 0 Å². The molecule has 0 aliphatic heterocycles. The van der Waals surface area contributed by atoms with Gasteiger partial charge in [0.1, 0.15) is 16.0 Å². The highest BCUT2D eigenvalue weighted by Gasteiger charge is 2.23. The Morgan fingerprint density at radius 1 is 1.27 bits per heavy atom. The molecule has 4 rings (SSSR count). The minimum atomic E-state index is -0.391. The van der Waals surface area contributed by atoms with E-state index in [1.165, 1.54) is 28.8 Å². The SMILES string of the molecule is CCOC(=O)c1sc2ncnc(OCC(=O)NC3CCCc4ccccc43)c2c1C. The molecule has 0 fully saturated rings. The van der Waals surface area contributed by atoms with Crippen molar-refractivity contribution in [3.05, 3.63) is 52.2 Å². The number of aryl methyl sites for hydroxylation is 2. The number of hydrogen-bond donors (Lipinski definition) is 1. The molecule has 1 aromatic carbocycles. The van der Waals surface area contributed by atoms with Gasteiger partial charge in [0, 0.05) is 0 Å². The maximum Gasteiger partial charge on any atom is 0.348 e. The summed E-state index contributed by atoms with van der Waals surface area (Å²) in [5, 5.41) is 3.71. The molecule has 3 aromatic rings. The summed E-state index contributed by atoms with van der Waals surface area (Å²) in [5.41, 5.74) is 3.16. The fourth-order valence-corrected chi connectivity index (χ4v) is 4.85. The fraction of sp³-hybridized carbons (Fsp3) is 0.364. The maximum atomic E-state index is 12.6. The molecule has 0 saturated carbocycles. The number of rotatable bonds is 6. The first-order valence-corrected chi connectivity index (χ1v) is 10.8. The van der Waals surface area contributed by atoms with E-state index in [4.69, 9.17) is 9.47 Å². The van der Waals surface area contributed by atoms with E-state index in [1.807, 2.05) is 12.1 Å². The van der Waals surface area contributed by atoms with Crippen LogP contribution in [0.4, 0.5) is 0 Å². The second-order valence-corrected chi connectivity index (χ2v) is 8.13. The predicted octanol–water partition coefficient (Wildman–Crippen LogP) is 3.75. The number of carbonyl (C=O) groups excluding carboxylic acids is 2. The number of benzene rings is 1. The Morgan fingerprint density at radius 2 is 2.10 bits per heavy atom. The Balaban J connectivity index is 1.48. The minimum Gasteiger partial charge on any atom is -0.467 e. The van der Waals surface area contributed by atoms with Gasteiger partial charge in [0.05, 0.1) is 18.0 Å². The standard InChI is InChI=1S/C22H23N3O4S/c1-3-28-22(27)19-13(2)18-20(23-12-24-21(18)30-19)29-11-17(26)25-16-10-6-8-14-7-4-5-9-15(14)16/h4-5,7,9,12,16H,3,6,8,10-11H2,1-2H3,(H,25,26). The molecule has 1 aliphatic rings. The van der Waals surface area contributed by atoms with Gasteiger partial charge in [0.2, 0.25) is 5.88 Å². The molecule has 156 valence electrons. The summed E-state index contributed by atoms with van der Waals surface area (Å²) in [5.74, 6) is -0.303. The first-order chi connectivity index (χ1) is 14.6.